The minimum Gasteiger partial charge on any atom is -0.394 e. The minimum absolute atomic E-state index is 0.243. The molecule has 11 nitrogen and oxygen atoms in total. The molecule has 73 heavy (non-hydrogen) atoms. The van der Waals surface area contributed by atoms with Crippen LogP contribution in [-0.4, -0.2) is 110 Å². The maximum atomic E-state index is 13.2. The Balaban J connectivity index is 2.31. The van der Waals surface area contributed by atoms with Crippen LogP contribution in [0, 0.1) is 0 Å². The molecule has 9 atom stereocenters. The van der Waals surface area contributed by atoms with Gasteiger partial charge in [-0.3, -0.25) is 4.79 Å². The second kappa shape index (κ2) is 51.1. The van der Waals surface area contributed by atoms with Crippen LogP contribution >= 0.6 is 0 Å². The second-order valence-electron chi connectivity index (χ2n) is 21.8. The Morgan fingerprint density at radius 3 is 1.22 bits per heavy atom. The lowest BCUT2D eigenvalue weighted by atomic mass is 9.98. The number of hydrogen-bond donors (Lipinski definition) is 8. The number of nitrogens with one attached hydrogen (secondary N) is 1. The van der Waals surface area contributed by atoms with Crippen molar-refractivity contribution in [3.63, 3.8) is 0 Å². The molecule has 0 radical (unpaired) electrons. The van der Waals surface area contributed by atoms with Gasteiger partial charge in [-0.1, -0.05) is 256 Å². The Kier molecular flexibility index (Phi) is 48.5. The average molecular weight is 1040 g/mol. The van der Waals surface area contributed by atoms with E-state index in [-0.39, 0.29) is 12.8 Å². The first-order chi connectivity index (χ1) is 35.7. The molecule has 1 fully saturated rings. The van der Waals surface area contributed by atoms with Gasteiger partial charge in [-0.25, -0.2) is 0 Å². The maximum Gasteiger partial charge on any atom is 0.249 e. The number of aliphatic hydroxyl groups is 7. The number of hydrogen-bond acceptors (Lipinski definition) is 10. The molecule has 1 saturated heterocycles. The van der Waals surface area contributed by atoms with Crippen molar-refractivity contribution < 1.29 is 50.0 Å². The molecule has 9 unspecified atom stereocenters. The third-order valence-corrected chi connectivity index (χ3v) is 14.9. The monoisotopic (exact) mass is 1040 g/mol. The van der Waals surface area contributed by atoms with Gasteiger partial charge in [0.25, 0.3) is 0 Å². The summed E-state index contributed by atoms with van der Waals surface area (Å²) in [6, 6.07) is -1.19. The Hall–Kier alpha value is -1.67. The van der Waals surface area contributed by atoms with E-state index < -0.39 is 74.2 Å². The smallest absolute Gasteiger partial charge is 0.249 e. The fraction of sp³-hybridized carbons (Fsp3) is 0.887. The van der Waals surface area contributed by atoms with E-state index in [1.54, 1.807) is 0 Å². The Labute approximate surface area is 447 Å². The van der Waals surface area contributed by atoms with Crippen LogP contribution in [0.3, 0.4) is 0 Å². The molecule has 1 amide bonds. The standard InChI is InChI=1S/C62H117NO10/c1-3-5-7-9-11-13-15-17-19-21-23-25-27-28-30-32-34-36-38-40-42-44-46-48-50-55(66)61(71)63-53(52-72-62-60(70)59(69)58(68)56(51-64)73-62)57(67)54(65)49-47-45-43-41-39-37-35-33-31-29-26-24-22-20-18-16-14-12-10-8-6-4-2/h24,26,33,35,41,43,53-60,62,64-70H,3-23,25,27-32,34,36-40,42,44-52H2,1-2H3,(H,63,71)/b26-24+,35-33+,43-41+. The summed E-state index contributed by atoms with van der Waals surface area (Å²) in [4.78, 5) is 13.2. The first kappa shape index (κ1) is 69.3. The zero-order chi connectivity index (χ0) is 53.3. The van der Waals surface area contributed by atoms with E-state index in [9.17, 15) is 40.5 Å². The number of carbonyl (C=O) groups excluding carboxylic acids is 1. The summed E-state index contributed by atoms with van der Waals surface area (Å²) in [6.07, 6.45) is 52.0. The number of aliphatic hydroxyl groups excluding tert-OH is 7. The van der Waals surface area contributed by atoms with Crippen LogP contribution in [-0.2, 0) is 14.3 Å². The van der Waals surface area contributed by atoms with Crippen LogP contribution in [0.1, 0.15) is 284 Å². The van der Waals surface area contributed by atoms with E-state index in [1.807, 2.05) is 0 Å². The topological polar surface area (TPSA) is 189 Å². The zero-order valence-electron chi connectivity index (χ0n) is 47.1. The highest BCUT2D eigenvalue weighted by Gasteiger charge is 2.44. The largest absolute Gasteiger partial charge is 0.394 e. The van der Waals surface area contributed by atoms with Crippen LogP contribution < -0.4 is 5.32 Å². The predicted molar refractivity (Wildman–Crippen MR) is 302 cm³/mol. The molecule has 11 heteroatoms. The molecule has 0 spiro atoms. The van der Waals surface area contributed by atoms with E-state index in [0.29, 0.717) is 19.3 Å². The van der Waals surface area contributed by atoms with E-state index in [0.717, 1.165) is 44.9 Å². The van der Waals surface area contributed by atoms with Gasteiger partial charge in [0.2, 0.25) is 5.91 Å². The normalized spacial score (nSPS) is 20.2. The van der Waals surface area contributed by atoms with E-state index >= 15 is 0 Å². The van der Waals surface area contributed by atoms with Crippen LogP contribution in [0.4, 0.5) is 0 Å². The fourth-order valence-corrected chi connectivity index (χ4v) is 9.89. The Morgan fingerprint density at radius 1 is 0.466 bits per heavy atom. The molecular weight excluding hydrogens is 919 g/mol. The molecule has 0 aromatic carbocycles. The van der Waals surface area contributed by atoms with Crippen molar-refractivity contribution in [2.75, 3.05) is 13.2 Å². The molecule has 1 aliphatic rings. The summed E-state index contributed by atoms with van der Waals surface area (Å²) in [7, 11) is 0. The summed E-state index contributed by atoms with van der Waals surface area (Å²) in [6.45, 7) is 3.47. The molecule has 8 N–H and O–H groups in total. The SMILES string of the molecule is CCCCCCCCCCC/C=C/CC/C=C/CC/C=C/CCCC(O)C(O)C(COC1OC(CO)C(O)C(O)C1O)NC(=O)C(O)CCCCCCCCCCCCCCCCCCCCCCCCCC. The highest BCUT2D eigenvalue weighted by Crippen LogP contribution is 2.23. The van der Waals surface area contributed by atoms with E-state index in [4.69, 9.17) is 9.47 Å². The third kappa shape index (κ3) is 39.4. The predicted octanol–water partition coefficient (Wildman–Crippen LogP) is 13.5. The summed E-state index contributed by atoms with van der Waals surface area (Å²) in [5, 5.41) is 76.2. The van der Waals surface area contributed by atoms with Gasteiger partial charge in [0, 0.05) is 0 Å². The highest BCUT2D eigenvalue weighted by molar-refractivity contribution is 5.80. The first-order valence-electron chi connectivity index (χ1n) is 30.9. The lowest BCUT2D eigenvalue weighted by Gasteiger charge is -2.40. The molecule has 0 saturated carbocycles. The van der Waals surface area contributed by atoms with Crippen molar-refractivity contribution in [3.8, 4) is 0 Å². The van der Waals surface area contributed by atoms with Crippen molar-refractivity contribution >= 4 is 5.91 Å². The van der Waals surface area contributed by atoms with Crippen molar-refractivity contribution in [2.24, 2.45) is 0 Å². The van der Waals surface area contributed by atoms with Crippen LogP contribution in [0.15, 0.2) is 36.5 Å². The molecule has 0 aromatic rings. The summed E-state index contributed by atoms with van der Waals surface area (Å²) in [5.74, 6) is -0.708. The van der Waals surface area contributed by atoms with Crippen molar-refractivity contribution in [1.29, 1.82) is 0 Å². The lowest BCUT2D eigenvalue weighted by Crippen LogP contribution is -2.60. The van der Waals surface area contributed by atoms with Crippen molar-refractivity contribution in [1.82, 2.24) is 5.32 Å². The summed E-state index contributed by atoms with van der Waals surface area (Å²) in [5.41, 5.74) is 0. The molecule has 0 bridgehead atoms. The molecule has 0 aliphatic carbocycles. The molecule has 0 aromatic heterocycles. The second-order valence-corrected chi connectivity index (χ2v) is 21.8. The van der Waals surface area contributed by atoms with Gasteiger partial charge >= 0.3 is 0 Å². The van der Waals surface area contributed by atoms with Gasteiger partial charge in [-0.2, -0.15) is 0 Å². The van der Waals surface area contributed by atoms with Gasteiger partial charge in [-0.05, 0) is 64.2 Å². The van der Waals surface area contributed by atoms with E-state index in [1.165, 1.54) is 193 Å². The van der Waals surface area contributed by atoms with Crippen molar-refractivity contribution in [3.05, 3.63) is 36.5 Å². The lowest BCUT2D eigenvalue weighted by molar-refractivity contribution is -0.303. The van der Waals surface area contributed by atoms with Gasteiger partial charge in [0.15, 0.2) is 6.29 Å². The molecule has 1 heterocycles. The average Bonchev–Trinajstić information content (AvgIpc) is 3.39. The zero-order valence-corrected chi connectivity index (χ0v) is 47.1. The number of carbonyl (C=O) groups is 1. The molecule has 1 rings (SSSR count). The molecule has 1 aliphatic heterocycles. The van der Waals surface area contributed by atoms with E-state index in [2.05, 4.69) is 55.6 Å². The molecular formula is C62H117NO10. The third-order valence-electron chi connectivity index (χ3n) is 14.9. The number of amides is 1. The highest BCUT2D eigenvalue weighted by atomic mass is 16.7. The quantitative estimate of drug-likeness (QED) is 0.0215. The van der Waals surface area contributed by atoms with Gasteiger partial charge in [-0.15, -0.1) is 0 Å². The summed E-state index contributed by atoms with van der Waals surface area (Å²) >= 11 is 0. The Bertz CT molecular complexity index is 1280. The van der Waals surface area contributed by atoms with Crippen molar-refractivity contribution in [2.45, 2.75) is 339 Å². The number of allylic oxidation sites excluding steroid dienone is 6. The summed E-state index contributed by atoms with van der Waals surface area (Å²) < 4.78 is 11.1. The maximum absolute atomic E-state index is 13.2. The van der Waals surface area contributed by atoms with Gasteiger partial charge in [0.05, 0.1) is 25.4 Å². The first-order valence-corrected chi connectivity index (χ1v) is 30.9. The fourth-order valence-electron chi connectivity index (χ4n) is 9.89. The minimum atomic E-state index is -1.67. The molecule has 430 valence electrons. The number of unbranched alkanes of at least 4 members (excludes halogenated alkanes) is 35. The van der Waals surface area contributed by atoms with Crippen LogP contribution in [0.25, 0.3) is 0 Å². The number of rotatable bonds is 53. The van der Waals surface area contributed by atoms with Gasteiger partial charge in [0.1, 0.15) is 36.6 Å². The van der Waals surface area contributed by atoms with Gasteiger partial charge < -0.3 is 50.5 Å². The number of ether oxygens (including phenoxy) is 2. The van der Waals surface area contributed by atoms with Crippen LogP contribution in [0.5, 0.6) is 0 Å². The Morgan fingerprint density at radius 2 is 0.822 bits per heavy atom. The van der Waals surface area contributed by atoms with Crippen LogP contribution in [0.2, 0.25) is 0 Å².